The number of anilines is 1. The van der Waals surface area contributed by atoms with Crippen LogP contribution in [0.1, 0.15) is 16.7 Å². The Morgan fingerprint density at radius 1 is 1.19 bits per heavy atom. The van der Waals surface area contributed by atoms with Crippen molar-refractivity contribution in [3.05, 3.63) is 47.2 Å². The van der Waals surface area contributed by atoms with Gasteiger partial charge in [0.1, 0.15) is 5.82 Å². The Labute approximate surface area is 96.1 Å². The van der Waals surface area contributed by atoms with Gasteiger partial charge in [0.05, 0.1) is 6.20 Å². The summed E-state index contributed by atoms with van der Waals surface area (Å²) in [5.74, 6) is 1.04. The van der Waals surface area contributed by atoms with Crippen LogP contribution < -0.4 is 5.32 Å². The minimum atomic E-state index is 0.834. The van der Waals surface area contributed by atoms with Crippen LogP contribution in [-0.4, -0.2) is 9.78 Å². The van der Waals surface area contributed by atoms with Crippen LogP contribution in [0.5, 0.6) is 0 Å². The summed E-state index contributed by atoms with van der Waals surface area (Å²) in [5, 5.41) is 7.47. The molecule has 0 bridgehead atoms. The highest BCUT2D eigenvalue weighted by Crippen LogP contribution is 2.12. The van der Waals surface area contributed by atoms with E-state index >= 15 is 0 Å². The van der Waals surface area contributed by atoms with Gasteiger partial charge in [-0.05, 0) is 30.5 Å². The molecule has 0 fully saturated rings. The Hall–Kier alpha value is -1.77. The predicted molar refractivity (Wildman–Crippen MR) is 66.5 cm³/mol. The molecular weight excluding hydrogens is 198 g/mol. The second-order valence-corrected chi connectivity index (χ2v) is 4.11. The third kappa shape index (κ3) is 2.24. The third-order valence-corrected chi connectivity index (χ3v) is 2.87. The minimum absolute atomic E-state index is 0.834. The number of hydrogen-bond acceptors (Lipinski definition) is 2. The lowest BCUT2D eigenvalue weighted by molar-refractivity contribution is 0.769. The summed E-state index contributed by atoms with van der Waals surface area (Å²) in [7, 11) is 1.93. The molecule has 0 atom stereocenters. The fraction of sp³-hybridized carbons (Fsp3) is 0.308. The molecule has 3 nitrogen and oxygen atoms in total. The summed E-state index contributed by atoms with van der Waals surface area (Å²) >= 11 is 0. The van der Waals surface area contributed by atoms with E-state index in [2.05, 4.69) is 42.5 Å². The maximum atomic E-state index is 4.11. The van der Waals surface area contributed by atoms with Crippen molar-refractivity contribution in [3.63, 3.8) is 0 Å². The molecule has 0 aliphatic rings. The average Bonchev–Trinajstić information content (AvgIpc) is 2.66. The van der Waals surface area contributed by atoms with Gasteiger partial charge in [0.2, 0.25) is 0 Å². The smallest absolute Gasteiger partial charge is 0.124 e. The molecule has 0 spiro atoms. The van der Waals surface area contributed by atoms with Crippen molar-refractivity contribution in [3.8, 4) is 0 Å². The maximum absolute atomic E-state index is 4.11. The first-order chi connectivity index (χ1) is 7.66. The first-order valence-electron chi connectivity index (χ1n) is 5.45. The summed E-state index contributed by atoms with van der Waals surface area (Å²) in [6, 6.07) is 8.51. The lowest BCUT2D eigenvalue weighted by Gasteiger charge is -2.08. The Kier molecular flexibility index (Phi) is 2.95. The van der Waals surface area contributed by atoms with E-state index in [1.165, 1.54) is 16.7 Å². The Morgan fingerprint density at radius 2 is 2.00 bits per heavy atom. The molecule has 0 amide bonds. The number of hydrogen-bond donors (Lipinski definition) is 1. The van der Waals surface area contributed by atoms with Gasteiger partial charge in [-0.15, -0.1) is 0 Å². The van der Waals surface area contributed by atoms with Gasteiger partial charge in [-0.1, -0.05) is 18.2 Å². The zero-order valence-corrected chi connectivity index (χ0v) is 9.99. The van der Waals surface area contributed by atoms with E-state index in [-0.39, 0.29) is 0 Å². The highest BCUT2D eigenvalue weighted by Gasteiger charge is 1.99. The van der Waals surface area contributed by atoms with Crippen LogP contribution in [0.3, 0.4) is 0 Å². The lowest BCUT2D eigenvalue weighted by atomic mass is 10.1. The molecule has 0 radical (unpaired) electrons. The topological polar surface area (TPSA) is 29.9 Å². The number of nitrogens with one attached hydrogen (secondary N) is 1. The van der Waals surface area contributed by atoms with Gasteiger partial charge < -0.3 is 5.32 Å². The van der Waals surface area contributed by atoms with Crippen LogP contribution in [0.15, 0.2) is 30.5 Å². The molecule has 1 aromatic heterocycles. The summed E-state index contributed by atoms with van der Waals surface area (Å²) in [5.41, 5.74) is 3.97. The Balaban J connectivity index is 2.05. The first-order valence-corrected chi connectivity index (χ1v) is 5.45. The number of benzene rings is 1. The van der Waals surface area contributed by atoms with Crippen molar-refractivity contribution >= 4 is 5.82 Å². The van der Waals surface area contributed by atoms with Gasteiger partial charge in [0.25, 0.3) is 0 Å². The molecule has 1 heterocycles. The second-order valence-electron chi connectivity index (χ2n) is 4.11. The van der Waals surface area contributed by atoms with Gasteiger partial charge in [-0.2, -0.15) is 5.10 Å². The van der Waals surface area contributed by atoms with Crippen LogP contribution >= 0.6 is 0 Å². The zero-order valence-electron chi connectivity index (χ0n) is 9.99. The lowest BCUT2D eigenvalue weighted by Crippen LogP contribution is -2.04. The normalized spacial score (nSPS) is 10.4. The molecule has 0 saturated carbocycles. The molecule has 0 unspecified atom stereocenters. The summed E-state index contributed by atoms with van der Waals surface area (Å²) in [6.07, 6.45) is 1.79. The van der Waals surface area contributed by atoms with Crippen molar-refractivity contribution in [2.45, 2.75) is 20.4 Å². The molecule has 0 aliphatic heterocycles. The van der Waals surface area contributed by atoms with Gasteiger partial charge in [0, 0.05) is 19.7 Å². The van der Waals surface area contributed by atoms with Crippen molar-refractivity contribution in [2.75, 3.05) is 5.32 Å². The molecule has 2 rings (SSSR count). The van der Waals surface area contributed by atoms with Crippen molar-refractivity contribution in [1.29, 1.82) is 0 Å². The largest absolute Gasteiger partial charge is 0.366 e. The van der Waals surface area contributed by atoms with E-state index in [4.69, 9.17) is 0 Å². The molecule has 0 aliphatic carbocycles. The van der Waals surface area contributed by atoms with Gasteiger partial charge in [-0.25, -0.2) is 0 Å². The summed E-state index contributed by atoms with van der Waals surface area (Å²) in [6.45, 7) is 5.11. The van der Waals surface area contributed by atoms with Crippen molar-refractivity contribution in [2.24, 2.45) is 7.05 Å². The first kappa shape index (κ1) is 10.7. The van der Waals surface area contributed by atoms with Crippen molar-refractivity contribution in [1.82, 2.24) is 9.78 Å². The van der Waals surface area contributed by atoms with E-state index in [1.54, 1.807) is 6.20 Å². The van der Waals surface area contributed by atoms with E-state index in [9.17, 15) is 0 Å². The molecule has 84 valence electrons. The van der Waals surface area contributed by atoms with Gasteiger partial charge in [0.15, 0.2) is 0 Å². The van der Waals surface area contributed by atoms with E-state index < -0.39 is 0 Å². The second kappa shape index (κ2) is 4.39. The molecule has 1 N–H and O–H groups in total. The Bertz CT molecular complexity index is 486. The number of aryl methyl sites for hydroxylation is 3. The highest BCUT2D eigenvalue weighted by atomic mass is 15.3. The average molecular weight is 215 g/mol. The minimum Gasteiger partial charge on any atom is -0.366 e. The molecular formula is C13H17N3. The zero-order chi connectivity index (χ0) is 11.5. The summed E-state index contributed by atoms with van der Waals surface area (Å²) in [4.78, 5) is 0. The molecule has 16 heavy (non-hydrogen) atoms. The van der Waals surface area contributed by atoms with Crippen molar-refractivity contribution < 1.29 is 0 Å². The van der Waals surface area contributed by atoms with E-state index in [0.29, 0.717) is 0 Å². The molecule has 1 aromatic carbocycles. The SMILES string of the molecule is Cc1ccc(CNc2ccnn2C)cc1C. The molecule has 0 saturated heterocycles. The van der Waals surface area contributed by atoms with E-state index in [0.717, 1.165) is 12.4 Å². The standard InChI is InChI=1S/C13H17N3/c1-10-4-5-12(8-11(10)2)9-14-13-6-7-15-16(13)3/h4-8,14H,9H2,1-3H3. The highest BCUT2D eigenvalue weighted by molar-refractivity contribution is 5.37. The number of rotatable bonds is 3. The fourth-order valence-electron chi connectivity index (χ4n) is 1.65. The number of nitrogens with zero attached hydrogens (tertiary/aromatic N) is 2. The van der Waals surface area contributed by atoms with Crippen LogP contribution in [0.25, 0.3) is 0 Å². The number of aromatic nitrogens is 2. The van der Waals surface area contributed by atoms with E-state index in [1.807, 2.05) is 17.8 Å². The fourth-order valence-corrected chi connectivity index (χ4v) is 1.65. The maximum Gasteiger partial charge on any atom is 0.124 e. The molecule has 2 aromatic rings. The monoisotopic (exact) mass is 215 g/mol. The van der Waals surface area contributed by atoms with Crippen LogP contribution in [0.2, 0.25) is 0 Å². The quantitative estimate of drug-likeness (QED) is 0.853. The predicted octanol–water partition coefficient (Wildman–Crippen LogP) is 2.65. The third-order valence-electron chi connectivity index (χ3n) is 2.87. The van der Waals surface area contributed by atoms with Crippen LogP contribution in [0, 0.1) is 13.8 Å². The van der Waals surface area contributed by atoms with Gasteiger partial charge >= 0.3 is 0 Å². The van der Waals surface area contributed by atoms with Crippen LogP contribution in [0.4, 0.5) is 5.82 Å². The Morgan fingerprint density at radius 3 is 2.62 bits per heavy atom. The van der Waals surface area contributed by atoms with Gasteiger partial charge in [-0.3, -0.25) is 4.68 Å². The summed E-state index contributed by atoms with van der Waals surface area (Å²) < 4.78 is 1.83. The van der Waals surface area contributed by atoms with Crippen LogP contribution in [-0.2, 0) is 13.6 Å². The molecule has 3 heteroatoms.